The predicted octanol–water partition coefficient (Wildman–Crippen LogP) is 1.92. The van der Waals surface area contributed by atoms with Gasteiger partial charge in [-0.05, 0) is 12.1 Å². The van der Waals surface area contributed by atoms with Crippen LogP contribution in [-0.4, -0.2) is 15.5 Å². The molecule has 1 aliphatic rings. The Kier molecular flexibility index (Phi) is 1.70. The third-order valence-corrected chi connectivity index (χ3v) is 3.11. The lowest BCUT2D eigenvalue weighted by atomic mass is 9.70. The third kappa shape index (κ3) is 1.24. The highest BCUT2D eigenvalue weighted by Gasteiger charge is 2.56. The second kappa shape index (κ2) is 2.79. The number of fused-ring (bicyclic) bond motifs is 1. The predicted molar refractivity (Wildman–Crippen MR) is 55.2 cm³/mol. The molecule has 0 atom stereocenters. The summed E-state index contributed by atoms with van der Waals surface area (Å²) < 4.78 is 27.5. The van der Waals surface area contributed by atoms with Crippen molar-refractivity contribution in [3.05, 3.63) is 36.2 Å². The number of nitrogens with two attached hydrogens (primary N) is 1. The Morgan fingerprint density at radius 1 is 1.31 bits per heavy atom. The minimum absolute atomic E-state index is 0.295. The molecule has 3 rings (SSSR count). The molecule has 0 saturated heterocycles. The zero-order valence-corrected chi connectivity index (χ0v) is 8.53. The van der Waals surface area contributed by atoms with Gasteiger partial charge in [-0.25, -0.2) is 13.3 Å². The zero-order valence-electron chi connectivity index (χ0n) is 8.53. The molecule has 3 nitrogen and oxygen atoms in total. The molecule has 2 N–H and O–H groups in total. The van der Waals surface area contributed by atoms with Crippen molar-refractivity contribution in [3.8, 4) is 0 Å². The fourth-order valence-electron chi connectivity index (χ4n) is 2.38. The molecular formula is C11H11F2N3. The van der Waals surface area contributed by atoms with Crippen molar-refractivity contribution in [2.75, 3.05) is 0 Å². The SMILES string of the molecule is NC1(c2cnn3ccccc23)CC(F)(F)C1. The number of aromatic nitrogens is 2. The average Bonchev–Trinajstić information content (AvgIpc) is 2.58. The summed E-state index contributed by atoms with van der Waals surface area (Å²) in [5.74, 6) is -2.63. The maximum absolute atomic E-state index is 12.9. The molecule has 5 heteroatoms. The van der Waals surface area contributed by atoms with Crippen LogP contribution in [0.3, 0.4) is 0 Å². The monoisotopic (exact) mass is 223 g/mol. The van der Waals surface area contributed by atoms with Gasteiger partial charge in [-0.1, -0.05) is 6.07 Å². The minimum atomic E-state index is -2.63. The van der Waals surface area contributed by atoms with Crippen molar-refractivity contribution in [1.29, 1.82) is 0 Å². The lowest BCUT2D eigenvalue weighted by Gasteiger charge is -2.44. The van der Waals surface area contributed by atoms with E-state index in [4.69, 9.17) is 5.73 Å². The summed E-state index contributed by atoms with van der Waals surface area (Å²) in [4.78, 5) is 0. The van der Waals surface area contributed by atoms with E-state index in [0.29, 0.717) is 5.56 Å². The molecule has 0 aliphatic heterocycles. The topological polar surface area (TPSA) is 43.3 Å². The van der Waals surface area contributed by atoms with Crippen LogP contribution in [0.5, 0.6) is 0 Å². The van der Waals surface area contributed by atoms with Gasteiger partial charge in [0.05, 0.1) is 17.3 Å². The number of rotatable bonds is 1. The summed E-state index contributed by atoms with van der Waals surface area (Å²) in [7, 11) is 0. The lowest BCUT2D eigenvalue weighted by Crippen LogP contribution is -2.55. The Morgan fingerprint density at radius 3 is 2.75 bits per heavy atom. The van der Waals surface area contributed by atoms with Gasteiger partial charge in [0.25, 0.3) is 5.92 Å². The number of halogens is 2. The first kappa shape index (κ1) is 9.72. The zero-order chi connectivity index (χ0) is 11.4. The van der Waals surface area contributed by atoms with E-state index in [0.717, 1.165) is 5.52 Å². The van der Waals surface area contributed by atoms with Crippen LogP contribution in [0.4, 0.5) is 8.78 Å². The first-order chi connectivity index (χ1) is 7.50. The van der Waals surface area contributed by atoms with Crippen molar-refractivity contribution in [2.45, 2.75) is 24.3 Å². The van der Waals surface area contributed by atoms with Crippen LogP contribution < -0.4 is 5.73 Å². The van der Waals surface area contributed by atoms with Crippen molar-refractivity contribution >= 4 is 5.52 Å². The highest BCUT2D eigenvalue weighted by Crippen LogP contribution is 2.50. The highest BCUT2D eigenvalue weighted by atomic mass is 19.3. The van der Waals surface area contributed by atoms with E-state index >= 15 is 0 Å². The third-order valence-electron chi connectivity index (χ3n) is 3.11. The van der Waals surface area contributed by atoms with Crippen molar-refractivity contribution in [1.82, 2.24) is 9.61 Å². The lowest BCUT2D eigenvalue weighted by molar-refractivity contribution is -0.124. The van der Waals surface area contributed by atoms with E-state index in [1.807, 2.05) is 18.2 Å². The van der Waals surface area contributed by atoms with Crippen LogP contribution in [0.15, 0.2) is 30.6 Å². The smallest absolute Gasteiger partial charge is 0.252 e. The summed E-state index contributed by atoms with van der Waals surface area (Å²) in [5, 5.41) is 4.11. The Balaban J connectivity index is 2.08. The van der Waals surface area contributed by atoms with Gasteiger partial charge in [-0.15, -0.1) is 0 Å². The van der Waals surface area contributed by atoms with Crippen molar-refractivity contribution in [3.63, 3.8) is 0 Å². The molecule has 0 amide bonds. The normalized spacial score (nSPS) is 21.9. The number of alkyl halides is 2. The second-order valence-electron chi connectivity index (χ2n) is 4.45. The summed E-state index contributed by atoms with van der Waals surface area (Å²) in [5.41, 5.74) is 6.57. The van der Waals surface area contributed by atoms with Gasteiger partial charge >= 0.3 is 0 Å². The highest BCUT2D eigenvalue weighted by molar-refractivity contribution is 5.57. The van der Waals surface area contributed by atoms with Crippen LogP contribution >= 0.6 is 0 Å². The van der Waals surface area contributed by atoms with E-state index in [9.17, 15) is 8.78 Å². The maximum atomic E-state index is 12.9. The Hall–Kier alpha value is -1.49. The number of nitrogens with zero attached hydrogens (tertiary/aromatic N) is 2. The number of hydrogen-bond donors (Lipinski definition) is 1. The second-order valence-corrected chi connectivity index (χ2v) is 4.45. The van der Waals surface area contributed by atoms with E-state index in [-0.39, 0.29) is 12.8 Å². The molecule has 2 aromatic heterocycles. The molecule has 0 aromatic carbocycles. The molecule has 16 heavy (non-hydrogen) atoms. The molecular weight excluding hydrogens is 212 g/mol. The quantitative estimate of drug-likeness (QED) is 0.802. The van der Waals surface area contributed by atoms with E-state index in [1.165, 1.54) is 0 Å². The Morgan fingerprint density at radius 2 is 2.06 bits per heavy atom. The standard InChI is InChI=1S/C11H11F2N3/c12-11(13)6-10(14,7-11)8-5-15-16-4-2-1-3-9(8)16/h1-5H,6-7,14H2. The Bertz CT molecular complexity index is 539. The van der Waals surface area contributed by atoms with E-state index < -0.39 is 11.5 Å². The van der Waals surface area contributed by atoms with Crippen LogP contribution in [0.1, 0.15) is 18.4 Å². The summed E-state index contributed by atoms with van der Waals surface area (Å²) >= 11 is 0. The summed E-state index contributed by atoms with van der Waals surface area (Å²) in [6, 6.07) is 5.52. The molecule has 0 spiro atoms. The van der Waals surface area contributed by atoms with Gasteiger partial charge in [0, 0.05) is 24.6 Å². The Labute approximate surface area is 90.9 Å². The molecule has 1 aliphatic carbocycles. The maximum Gasteiger partial charge on any atom is 0.252 e. The molecule has 0 radical (unpaired) electrons. The average molecular weight is 223 g/mol. The molecule has 1 saturated carbocycles. The molecule has 0 bridgehead atoms. The number of hydrogen-bond acceptors (Lipinski definition) is 2. The molecule has 0 unspecified atom stereocenters. The van der Waals surface area contributed by atoms with Crippen LogP contribution in [0.2, 0.25) is 0 Å². The summed E-state index contributed by atoms with van der Waals surface area (Å²) in [6.45, 7) is 0. The van der Waals surface area contributed by atoms with E-state index in [1.54, 1.807) is 16.9 Å². The van der Waals surface area contributed by atoms with Gasteiger partial charge < -0.3 is 5.73 Å². The fraction of sp³-hybridized carbons (Fsp3) is 0.364. The molecule has 84 valence electrons. The van der Waals surface area contributed by atoms with Crippen LogP contribution in [0, 0.1) is 0 Å². The van der Waals surface area contributed by atoms with Crippen molar-refractivity contribution < 1.29 is 8.78 Å². The van der Waals surface area contributed by atoms with Crippen LogP contribution in [0.25, 0.3) is 5.52 Å². The van der Waals surface area contributed by atoms with Crippen molar-refractivity contribution in [2.24, 2.45) is 5.73 Å². The molecule has 2 aromatic rings. The van der Waals surface area contributed by atoms with Crippen LogP contribution in [-0.2, 0) is 5.54 Å². The summed E-state index contributed by atoms with van der Waals surface area (Å²) in [6.07, 6.45) is 2.77. The first-order valence-electron chi connectivity index (χ1n) is 5.10. The van der Waals surface area contributed by atoms with Gasteiger partial charge in [0.2, 0.25) is 0 Å². The van der Waals surface area contributed by atoms with Gasteiger partial charge in [0.1, 0.15) is 0 Å². The van der Waals surface area contributed by atoms with Gasteiger partial charge in [0.15, 0.2) is 0 Å². The minimum Gasteiger partial charge on any atom is -0.321 e. The van der Waals surface area contributed by atoms with E-state index in [2.05, 4.69) is 5.10 Å². The van der Waals surface area contributed by atoms with Gasteiger partial charge in [-0.2, -0.15) is 5.10 Å². The fourth-order valence-corrected chi connectivity index (χ4v) is 2.38. The largest absolute Gasteiger partial charge is 0.321 e. The first-order valence-corrected chi connectivity index (χ1v) is 5.10. The molecule has 1 fully saturated rings. The number of pyridine rings is 1. The van der Waals surface area contributed by atoms with Gasteiger partial charge in [-0.3, -0.25) is 0 Å². The molecule has 2 heterocycles.